The molecule has 0 spiro atoms. The average Bonchev–Trinajstić information content (AvgIpc) is 2.42. The molecule has 74 valence electrons. The fourth-order valence-electron chi connectivity index (χ4n) is 1.46. The highest BCUT2D eigenvalue weighted by molar-refractivity contribution is 5.46. The summed E-state index contributed by atoms with van der Waals surface area (Å²) < 4.78 is 1.70. The van der Waals surface area contributed by atoms with Crippen LogP contribution in [-0.4, -0.2) is 19.7 Å². The number of hydrogen-bond acceptors (Lipinski definition) is 3. The fraction of sp³-hybridized carbons (Fsp3) is 0.400. The van der Waals surface area contributed by atoms with E-state index in [1.54, 1.807) is 10.6 Å². The molecule has 1 N–H and O–H groups in total. The highest BCUT2D eigenvalue weighted by atomic mass is 16.3. The van der Waals surface area contributed by atoms with Crippen molar-refractivity contribution in [2.45, 2.75) is 26.7 Å². The molecule has 4 nitrogen and oxygen atoms in total. The van der Waals surface area contributed by atoms with Crippen molar-refractivity contribution in [2.75, 3.05) is 0 Å². The van der Waals surface area contributed by atoms with Crippen LogP contribution < -0.4 is 0 Å². The second-order valence-corrected chi connectivity index (χ2v) is 3.75. The molecule has 2 aromatic heterocycles. The Morgan fingerprint density at radius 1 is 1.43 bits per heavy atom. The molecule has 0 radical (unpaired) electrons. The van der Waals surface area contributed by atoms with E-state index in [0.29, 0.717) is 11.3 Å². The van der Waals surface area contributed by atoms with Gasteiger partial charge in [0.15, 0.2) is 5.65 Å². The van der Waals surface area contributed by atoms with Gasteiger partial charge in [-0.25, -0.2) is 9.50 Å². The monoisotopic (exact) mass is 191 g/mol. The number of aromatic hydroxyl groups is 1. The second kappa shape index (κ2) is 2.97. The van der Waals surface area contributed by atoms with Gasteiger partial charge in [0.1, 0.15) is 11.4 Å². The minimum atomic E-state index is 0.210. The van der Waals surface area contributed by atoms with Gasteiger partial charge in [-0.1, -0.05) is 13.8 Å². The number of aromatic nitrogens is 3. The maximum absolute atomic E-state index is 9.67. The molecule has 0 aliphatic heterocycles. The van der Waals surface area contributed by atoms with E-state index in [9.17, 15) is 5.11 Å². The molecule has 14 heavy (non-hydrogen) atoms. The van der Waals surface area contributed by atoms with E-state index in [0.717, 1.165) is 5.69 Å². The van der Waals surface area contributed by atoms with E-state index in [2.05, 4.69) is 10.1 Å². The average molecular weight is 191 g/mol. The molecule has 2 heterocycles. The molecule has 0 aliphatic rings. The van der Waals surface area contributed by atoms with Crippen molar-refractivity contribution < 1.29 is 5.11 Å². The molecule has 0 aromatic carbocycles. The van der Waals surface area contributed by atoms with Gasteiger partial charge in [-0.3, -0.25) is 0 Å². The maximum Gasteiger partial charge on any atom is 0.157 e. The van der Waals surface area contributed by atoms with Crippen LogP contribution >= 0.6 is 0 Å². The van der Waals surface area contributed by atoms with Crippen LogP contribution in [0.3, 0.4) is 0 Å². The van der Waals surface area contributed by atoms with Gasteiger partial charge in [-0.2, -0.15) is 5.10 Å². The largest absolute Gasteiger partial charge is 0.506 e. The zero-order chi connectivity index (χ0) is 10.3. The van der Waals surface area contributed by atoms with Gasteiger partial charge in [0.25, 0.3) is 0 Å². The summed E-state index contributed by atoms with van der Waals surface area (Å²) in [7, 11) is 0. The Morgan fingerprint density at radius 2 is 2.14 bits per heavy atom. The summed E-state index contributed by atoms with van der Waals surface area (Å²) in [5.41, 5.74) is 2.29. The lowest BCUT2D eigenvalue weighted by Crippen LogP contribution is -1.99. The van der Waals surface area contributed by atoms with Crippen LogP contribution in [0.1, 0.15) is 31.2 Å². The number of hydrogen-bond donors (Lipinski definition) is 1. The molecule has 0 aliphatic carbocycles. The maximum atomic E-state index is 9.67. The normalized spacial score (nSPS) is 11.4. The molecule has 0 unspecified atom stereocenters. The van der Waals surface area contributed by atoms with Crippen LogP contribution in [-0.2, 0) is 0 Å². The number of rotatable bonds is 1. The van der Waals surface area contributed by atoms with Crippen molar-refractivity contribution in [3.05, 3.63) is 23.7 Å². The topological polar surface area (TPSA) is 50.4 Å². The van der Waals surface area contributed by atoms with Crippen LogP contribution in [0.25, 0.3) is 5.65 Å². The van der Waals surface area contributed by atoms with E-state index in [1.807, 2.05) is 27.0 Å². The highest BCUT2D eigenvalue weighted by Gasteiger charge is 2.10. The minimum absolute atomic E-state index is 0.210. The van der Waals surface area contributed by atoms with E-state index in [-0.39, 0.29) is 11.7 Å². The van der Waals surface area contributed by atoms with Gasteiger partial charge in [-0.15, -0.1) is 0 Å². The van der Waals surface area contributed by atoms with Crippen LogP contribution in [0, 0.1) is 6.92 Å². The smallest absolute Gasteiger partial charge is 0.157 e. The third kappa shape index (κ3) is 1.32. The molecule has 0 saturated carbocycles. The van der Waals surface area contributed by atoms with E-state index in [4.69, 9.17) is 0 Å². The standard InChI is InChI=1S/C10H13N3O/c1-6(2)10-8(14)4-9-11-7(3)5-13(9)12-10/h4-6,14H,1-3H3. The van der Waals surface area contributed by atoms with E-state index in [1.165, 1.54) is 0 Å². The summed E-state index contributed by atoms with van der Waals surface area (Å²) in [6, 6.07) is 1.65. The number of nitrogens with zero attached hydrogens (tertiary/aromatic N) is 3. The lowest BCUT2D eigenvalue weighted by molar-refractivity contribution is 0.456. The molecular formula is C10H13N3O. The van der Waals surface area contributed by atoms with Crippen molar-refractivity contribution in [1.29, 1.82) is 0 Å². The minimum Gasteiger partial charge on any atom is -0.506 e. The number of fused-ring (bicyclic) bond motifs is 1. The first-order chi connectivity index (χ1) is 6.58. The van der Waals surface area contributed by atoms with Crippen molar-refractivity contribution in [3.63, 3.8) is 0 Å². The molecular weight excluding hydrogens is 178 g/mol. The Balaban J connectivity index is 2.70. The van der Waals surface area contributed by atoms with Crippen molar-refractivity contribution >= 4 is 5.65 Å². The number of imidazole rings is 1. The van der Waals surface area contributed by atoms with Gasteiger partial charge >= 0.3 is 0 Å². The Kier molecular flexibility index (Phi) is 1.91. The van der Waals surface area contributed by atoms with Gasteiger partial charge in [0.05, 0.1) is 11.9 Å². The zero-order valence-electron chi connectivity index (χ0n) is 8.52. The van der Waals surface area contributed by atoms with Crippen molar-refractivity contribution in [3.8, 4) is 5.75 Å². The quantitative estimate of drug-likeness (QED) is 0.748. The van der Waals surface area contributed by atoms with Gasteiger partial charge in [0.2, 0.25) is 0 Å². The van der Waals surface area contributed by atoms with Crippen LogP contribution in [0.4, 0.5) is 0 Å². The Bertz CT molecular complexity index is 473. The molecule has 0 saturated heterocycles. The lowest BCUT2D eigenvalue weighted by Gasteiger charge is -2.06. The summed E-state index contributed by atoms with van der Waals surface area (Å²) in [4.78, 5) is 4.21. The predicted octanol–water partition coefficient (Wildman–Crippen LogP) is 1.87. The molecule has 2 rings (SSSR count). The first kappa shape index (κ1) is 8.99. The SMILES string of the molecule is Cc1cn2nc(C(C)C)c(O)cc2n1. The summed E-state index contributed by atoms with van der Waals surface area (Å²) in [6.45, 7) is 5.90. The Morgan fingerprint density at radius 3 is 2.79 bits per heavy atom. The highest BCUT2D eigenvalue weighted by Crippen LogP contribution is 2.23. The first-order valence-corrected chi connectivity index (χ1v) is 4.64. The Labute approximate surface area is 82.2 Å². The van der Waals surface area contributed by atoms with Gasteiger partial charge in [-0.05, 0) is 6.92 Å². The van der Waals surface area contributed by atoms with E-state index < -0.39 is 0 Å². The molecule has 0 fully saturated rings. The zero-order valence-corrected chi connectivity index (χ0v) is 8.52. The Hall–Kier alpha value is -1.58. The molecule has 0 bridgehead atoms. The van der Waals surface area contributed by atoms with Crippen LogP contribution in [0.15, 0.2) is 12.3 Å². The molecule has 0 amide bonds. The van der Waals surface area contributed by atoms with Crippen molar-refractivity contribution in [2.24, 2.45) is 0 Å². The lowest BCUT2D eigenvalue weighted by atomic mass is 10.1. The van der Waals surface area contributed by atoms with Gasteiger partial charge < -0.3 is 5.11 Å². The summed E-state index contributed by atoms with van der Waals surface area (Å²) in [5, 5.41) is 14.0. The first-order valence-electron chi connectivity index (χ1n) is 4.64. The number of aryl methyl sites for hydroxylation is 1. The summed E-state index contributed by atoms with van der Waals surface area (Å²) in [5.74, 6) is 0.431. The molecule has 0 atom stereocenters. The van der Waals surface area contributed by atoms with E-state index >= 15 is 0 Å². The van der Waals surface area contributed by atoms with Crippen LogP contribution in [0.5, 0.6) is 5.75 Å². The van der Waals surface area contributed by atoms with Crippen LogP contribution in [0.2, 0.25) is 0 Å². The second-order valence-electron chi connectivity index (χ2n) is 3.75. The molecule has 2 aromatic rings. The molecule has 4 heteroatoms. The third-order valence-corrected chi connectivity index (χ3v) is 2.13. The summed E-state index contributed by atoms with van der Waals surface area (Å²) in [6.07, 6.45) is 1.85. The fourth-order valence-corrected chi connectivity index (χ4v) is 1.46. The third-order valence-electron chi connectivity index (χ3n) is 2.13. The predicted molar refractivity (Wildman–Crippen MR) is 53.5 cm³/mol. The van der Waals surface area contributed by atoms with Gasteiger partial charge in [0, 0.05) is 12.0 Å². The van der Waals surface area contributed by atoms with Crippen molar-refractivity contribution in [1.82, 2.24) is 14.6 Å². The summed E-state index contributed by atoms with van der Waals surface area (Å²) >= 11 is 0.